The van der Waals surface area contributed by atoms with E-state index in [9.17, 15) is 9.59 Å². The smallest absolute Gasteiger partial charge is 0.239 e. The summed E-state index contributed by atoms with van der Waals surface area (Å²) in [5.41, 5.74) is 5.06. The van der Waals surface area contributed by atoms with Crippen molar-refractivity contribution in [3.05, 3.63) is 24.3 Å². The average Bonchev–Trinajstić information content (AvgIpc) is 2.39. The zero-order valence-corrected chi connectivity index (χ0v) is 11.8. The van der Waals surface area contributed by atoms with E-state index in [4.69, 9.17) is 10.5 Å². The molecule has 0 saturated carbocycles. The van der Waals surface area contributed by atoms with Crippen molar-refractivity contribution >= 4 is 23.6 Å². The summed E-state index contributed by atoms with van der Waals surface area (Å²) in [6.45, 7) is 1.57. The van der Waals surface area contributed by atoms with Crippen LogP contribution >= 0.6 is 11.8 Å². The molecular formula is C13H18N2O3S. The van der Waals surface area contributed by atoms with Gasteiger partial charge in [-0.15, -0.1) is 11.8 Å². The Kier molecular flexibility index (Phi) is 6.21. The summed E-state index contributed by atoms with van der Waals surface area (Å²) in [7, 11) is 1.62. The summed E-state index contributed by atoms with van der Waals surface area (Å²) in [5.74, 6) is 0.741. The number of methoxy groups -OCH3 is 1. The van der Waals surface area contributed by atoms with Gasteiger partial charge in [-0.3, -0.25) is 9.59 Å². The fourth-order valence-corrected chi connectivity index (χ4v) is 2.17. The molecule has 19 heavy (non-hydrogen) atoms. The van der Waals surface area contributed by atoms with E-state index in [2.05, 4.69) is 5.32 Å². The van der Waals surface area contributed by atoms with E-state index in [1.54, 1.807) is 25.8 Å². The van der Waals surface area contributed by atoms with Crippen LogP contribution in [0.2, 0.25) is 0 Å². The SMILES string of the molecule is COc1ccc(SCCC(=O)NC(C)C(N)=O)cc1. The Hall–Kier alpha value is -1.69. The Morgan fingerprint density at radius 2 is 2.00 bits per heavy atom. The third-order valence-electron chi connectivity index (χ3n) is 2.46. The molecule has 1 rings (SSSR count). The molecule has 2 amide bonds. The molecule has 0 bridgehead atoms. The van der Waals surface area contributed by atoms with Crippen LogP contribution in [0, 0.1) is 0 Å². The molecule has 1 aromatic carbocycles. The van der Waals surface area contributed by atoms with Crippen LogP contribution in [0.3, 0.4) is 0 Å². The first-order valence-corrected chi connectivity index (χ1v) is 6.87. The monoisotopic (exact) mass is 282 g/mol. The Morgan fingerprint density at radius 3 is 2.53 bits per heavy atom. The number of hydrogen-bond donors (Lipinski definition) is 2. The lowest BCUT2D eigenvalue weighted by Gasteiger charge is -2.09. The van der Waals surface area contributed by atoms with E-state index in [1.165, 1.54) is 0 Å². The predicted molar refractivity (Wildman–Crippen MR) is 75.1 cm³/mol. The second-order valence-corrected chi connectivity index (χ2v) is 5.13. The summed E-state index contributed by atoms with van der Waals surface area (Å²) in [6.07, 6.45) is 0.342. The van der Waals surface area contributed by atoms with Crippen molar-refractivity contribution in [3.63, 3.8) is 0 Å². The fourth-order valence-electron chi connectivity index (χ4n) is 1.32. The zero-order chi connectivity index (χ0) is 14.3. The maximum Gasteiger partial charge on any atom is 0.239 e. The van der Waals surface area contributed by atoms with Gasteiger partial charge in [0.05, 0.1) is 7.11 Å². The van der Waals surface area contributed by atoms with E-state index >= 15 is 0 Å². The van der Waals surface area contributed by atoms with E-state index < -0.39 is 11.9 Å². The number of ether oxygens (including phenoxy) is 1. The van der Waals surface area contributed by atoms with Crippen LogP contribution in [0.5, 0.6) is 5.75 Å². The van der Waals surface area contributed by atoms with Crippen LogP contribution in [0.4, 0.5) is 0 Å². The fraction of sp³-hybridized carbons (Fsp3) is 0.385. The van der Waals surface area contributed by atoms with Crippen LogP contribution in [0.1, 0.15) is 13.3 Å². The van der Waals surface area contributed by atoms with Gasteiger partial charge in [0.15, 0.2) is 0 Å². The summed E-state index contributed by atoms with van der Waals surface area (Å²) < 4.78 is 5.06. The Balaban J connectivity index is 2.29. The number of nitrogens with one attached hydrogen (secondary N) is 1. The Bertz CT molecular complexity index is 434. The molecule has 0 heterocycles. The van der Waals surface area contributed by atoms with Crippen molar-refractivity contribution in [2.45, 2.75) is 24.3 Å². The number of rotatable bonds is 7. The van der Waals surface area contributed by atoms with E-state index in [0.29, 0.717) is 12.2 Å². The average molecular weight is 282 g/mol. The number of hydrogen-bond acceptors (Lipinski definition) is 4. The lowest BCUT2D eigenvalue weighted by atomic mass is 10.3. The van der Waals surface area contributed by atoms with Crippen molar-refractivity contribution in [3.8, 4) is 5.75 Å². The standard InChI is InChI=1S/C13H18N2O3S/c1-9(13(14)17)15-12(16)7-8-19-11-5-3-10(18-2)4-6-11/h3-6,9H,7-8H2,1-2H3,(H2,14,17)(H,15,16). The minimum atomic E-state index is -0.626. The van der Waals surface area contributed by atoms with Gasteiger partial charge in [0.1, 0.15) is 11.8 Å². The van der Waals surface area contributed by atoms with Crippen LogP contribution in [0.15, 0.2) is 29.2 Å². The number of carbonyl (C=O) groups is 2. The molecule has 1 unspecified atom stereocenters. The van der Waals surface area contributed by atoms with Crippen LogP contribution in [0.25, 0.3) is 0 Å². The maximum atomic E-state index is 11.5. The highest BCUT2D eigenvalue weighted by atomic mass is 32.2. The zero-order valence-electron chi connectivity index (χ0n) is 11.0. The lowest BCUT2D eigenvalue weighted by Crippen LogP contribution is -2.42. The van der Waals surface area contributed by atoms with Gasteiger partial charge in [-0.1, -0.05) is 0 Å². The van der Waals surface area contributed by atoms with Gasteiger partial charge in [-0.05, 0) is 31.2 Å². The first-order valence-electron chi connectivity index (χ1n) is 5.88. The summed E-state index contributed by atoms with van der Waals surface area (Å²) in [5, 5.41) is 2.54. The molecule has 1 aromatic rings. The molecule has 0 aromatic heterocycles. The normalized spacial score (nSPS) is 11.7. The van der Waals surface area contributed by atoms with E-state index in [-0.39, 0.29) is 5.91 Å². The molecular weight excluding hydrogens is 264 g/mol. The van der Waals surface area contributed by atoms with Crippen LogP contribution < -0.4 is 15.8 Å². The van der Waals surface area contributed by atoms with Crippen LogP contribution in [-0.4, -0.2) is 30.7 Å². The quantitative estimate of drug-likeness (QED) is 0.735. The minimum Gasteiger partial charge on any atom is -0.497 e. The van der Waals surface area contributed by atoms with Crippen molar-refractivity contribution in [1.82, 2.24) is 5.32 Å². The number of nitrogens with two attached hydrogens (primary N) is 1. The molecule has 0 aliphatic carbocycles. The van der Waals surface area contributed by atoms with Gasteiger partial charge >= 0.3 is 0 Å². The third kappa shape index (κ3) is 5.65. The van der Waals surface area contributed by atoms with Gasteiger partial charge in [-0.2, -0.15) is 0 Å². The summed E-state index contributed by atoms with van der Waals surface area (Å²) in [6, 6.07) is 6.99. The molecule has 0 aliphatic rings. The maximum absolute atomic E-state index is 11.5. The van der Waals surface area contributed by atoms with Gasteiger partial charge in [0.2, 0.25) is 11.8 Å². The third-order valence-corrected chi connectivity index (χ3v) is 3.48. The molecule has 0 spiro atoms. The number of benzene rings is 1. The molecule has 0 radical (unpaired) electrons. The first kappa shape index (κ1) is 15.4. The number of primary amides is 1. The highest BCUT2D eigenvalue weighted by Crippen LogP contribution is 2.21. The van der Waals surface area contributed by atoms with Gasteiger partial charge in [0, 0.05) is 17.1 Å². The van der Waals surface area contributed by atoms with E-state index in [1.807, 2.05) is 24.3 Å². The highest BCUT2D eigenvalue weighted by Gasteiger charge is 2.11. The van der Waals surface area contributed by atoms with Crippen molar-refractivity contribution in [2.24, 2.45) is 5.73 Å². The number of amides is 2. The first-order chi connectivity index (χ1) is 9.02. The van der Waals surface area contributed by atoms with Gasteiger partial charge < -0.3 is 15.8 Å². The summed E-state index contributed by atoms with van der Waals surface area (Å²) in [4.78, 5) is 23.3. The second-order valence-electron chi connectivity index (χ2n) is 3.97. The predicted octanol–water partition coefficient (Wildman–Crippen LogP) is 1.17. The van der Waals surface area contributed by atoms with E-state index in [0.717, 1.165) is 10.6 Å². The molecule has 3 N–H and O–H groups in total. The number of carbonyl (C=O) groups excluding carboxylic acids is 2. The molecule has 1 atom stereocenters. The Morgan fingerprint density at radius 1 is 1.37 bits per heavy atom. The van der Waals surface area contributed by atoms with Gasteiger partial charge in [0.25, 0.3) is 0 Å². The molecule has 0 aliphatic heterocycles. The highest BCUT2D eigenvalue weighted by molar-refractivity contribution is 7.99. The summed E-state index contributed by atoms with van der Waals surface area (Å²) >= 11 is 1.57. The lowest BCUT2D eigenvalue weighted by molar-refractivity contribution is -0.126. The molecule has 0 saturated heterocycles. The largest absolute Gasteiger partial charge is 0.497 e. The molecule has 6 heteroatoms. The van der Waals surface area contributed by atoms with Crippen molar-refractivity contribution in [2.75, 3.05) is 12.9 Å². The number of thioether (sulfide) groups is 1. The molecule has 5 nitrogen and oxygen atoms in total. The molecule has 104 valence electrons. The second kappa shape index (κ2) is 7.68. The minimum absolute atomic E-state index is 0.174. The van der Waals surface area contributed by atoms with Gasteiger partial charge in [-0.25, -0.2) is 0 Å². The van der Waals surface area contributed by atoms with Crippen LogP contribution in [-0.2, 0) is 9.59 Å². The van der Waals surface area contributed by atoms with Crippen molar-refractivity contribution < 1.29 is 14.3 Å². The van der Waals surface area contributed by atoms with Crippen molar-refractivity contribution in [1.29, 1.82) is 0 Å². The Labute approximate surface area is 116 Å². The topological polar surface area (TPSA) is 81.4 Å². The molecule has 0 fully saturated rings.